The van der Waals surface area contributed by atoms with E-state index in [1.165, 1.54) is 6.92 Å². The van der Waals surface area contributed by atoms with E-state index in [0.717, 1.165) is 16.9 Å². The molecule has 27 heavy (non-hydrogen) atoms. The van der Waals surface area contributed by atoms with Crippen molar-refractivity contribution in [1.29, 1.82) is 5.26 Å². The average molecular weight is 357 g/mol. The summed E-state index contributed by atoms with van der Waals surface area (Å²) < 4.78 is 5.75. The van der Waals surface area contributed by atoms with Crippen LogP contribution < -0.4 is 10.1 Å². The van der Waals surface area contributed by atoms with Crippen molar-refractivity contribution in [3.63, 3.8) is 0 Å². The van der Waals surface area contributed by atoms with Gasteiger partial charge in [-0.3, -0.25) is 9.78 Å². The van der Waals surface area contributed by atoms with Gasteiger partial charge in [0.15, 0.2) is 5.78 Å². The molecule has 0 atom stereocenters. The molecule has 1 aromatic heterocycles. The molecular formula is C22H19N3O2. The Kier molecular flexibility index (Phi) is 5.80. The minimum Gasteiger partial charge on any atom is -0.489 e. The van der Waals surface area contributed by atoms with Gasteiger partial charge in [0.1, 0.15) is 18.4 Å². The van der Waals surface area contributed by atoms with E-state index >= 15 is 0 Å². The number of hydrogen-bond donors (Lipinski definition) is 1. The summed E-state index contributed by atoms with van der Waals surface area (Å²) in [6.45, 7) is 2.52. The van der Waals surface area contributed by atoms with Crippen molar-refractivity contribution in [1.82, 2.24) is 4.98 Å². The number of hydrogen-bond acceptors (Lipinski definition) is 5. The molecule has 134 valence electrons. The van der Waals surface area contributed by atoms with Gasteiger partial charge in [0.05, 0.1) is 11.3 Å². The molecule has 0 unspecified atom stereocenters. The highest BCUT2D eigenvalue weighted by Crippen LogP contribution is 2.20. The van der Waals surface area contributed by atoms with Gasteiger partial charge in [-0.15, -0.1) is 0 Å². The predicted octanol–water partition coefficient (Wildman–Crippen LogP) is 4.35. The number of anilines is 1. The van der Waals surface area contributed by atoms with Crippen LogP contribution in [0.3, 0.4) is 0 Å². The lowest BCUT2D eigenvalue weighted by Crippen LogP contribution is -2.03. The maximum Gasteiger partial charge on any atom is 0.159 e. The summed E-state index contributed by atoms with van der Waals surface area (Å²) >= 11 is 0. The molecule has 0 saturated heterocycles. The van der Waals surface area contributed by atoms with Gasteiger partial charge in [-0.1, -0.05) is 18.2 Å². The van der Waals surface area contributed by atoms with Crippen molar-refractivity contribution in [2.45, 2.75) is 20.1 Å². The highest BCUT2D eigenvalue weighted by atomic mass is 16.5. The van der Waals surface area contributed by atoms with Crippen molar-refractivity contribution < 1.29 is 9.53 Å². The topological polar surface area (TPSA) is 75.0 Å². The van der Waals surface area contributed by atoms with Crippen LogP contribution in [0.1, 0.15) is 34.0 Å². The number of benzene rings is 2. The van der Waals surface area contributed by atoms with Crippen LogP contribution in [0.25, 0.3) is 0 Å². The highest BCUT2D eigenvalue weighted by Gasteiger charge is 2.06. The Morgan fingerprint density at radius 3 is 2.63 bits per heavy atom. The summed E-state index contributed by atoms with van der Waals surface area (Å²) in [4.78, 5) is 15.6. The Morgan fingerprint density at radius 2 is 1.96 bits per heavy atom. The molecule has 0 saturated carbocycles. The molecule has 0 aliphatic heterocycles. The number of carbonyl (C=O) groups is 1. The molecule has 0 aliphatic carbocycles. The Bertz CT molecular complexity index is 961. The minimum absolute atomic E-state index is 0.0299. The van der Waals surface area contributed by atoms with Crippen LogP contribution in [0.15, 0.2) is 67.0 Å². The molecule has 0 fully saturated rings. The van der Waals surface area contributed by atoms with Crippen molar-refractivity contribution in [2.75, 3.05) is 5.32 Å². The summed E-state index contributed by atoms with van der Waals surface area (Å²) in [5.41, 5.74) is 3.80. The Balaban J connectivity index is 1.61. The van der Waals surface area contributed by atoms with Gasteiger partial charge >= 0.3 is 0 Å². The van der Waals surface area contributed by atoms with Crippen LogP contribution in [0.5, 0.6) is 5.75 Å². The third kappa shape index (κ3) is 4.93. The van der Waals surface area contributed by atoms with Gasteiger partial charge < -0.3 is 10.1 Å². The van der Waals surface area contributed by atoms with Crippen LogP contribution in [0.4, 0.5) is 5.69 Å². The largest absolute Gasteiger partial charge is 0.489 e. The second-order valence-corrected chi connectivity index (χ2v) is 6.08. The lowest BCUT2D eigenvalue weighted by atomic mass is 10.1. The van der Waals surface area contributed by atoms with E-state index in [2.05, 4.69) is 16.4 Å². The molecule has 0 amide bonds. The zero-order chi connectivity index (χ0) is 19.1. The predicted molar refractivity (Wildman–Crippen MR) is 103 cm³/mol. The zero-order valence-corrected chi connectivity index (χ0v) is 15.0. The van der Waals surface area contributed by atoms with Crippen molar-refractivity contribution >= 4 is 11.5 Å². The normalized spacial score (nSPS) is 10.1. The van der Waals surface area contributed by atoms with E-state index in [1.807, 2.05) is 36.4 Å². The van der Waals surface area contributed by atoms with Crippen LogP contribution in [0, 0.1) is 11.3 Å². The van der Waals surface area contributed by atoms with Crippen molar-refractivity contribution in [3.05, 3.63) is 89.2 Å². The first-order valence-electron chi connectivity index (χ1n) is 8.55. The first-order chi connectivity index (χ1) is 13.2. The molecular weight excluding hydrogens is 338 g/mol. The molecule has 5 nitrogen and oxygen atoms in total. The van der Waals surface area contributed by atoms with Crippen molar-refractivity contribution in [2.24, 2.45) is 0 Å². The first kappa shape index (κ1) is 18.2. The number of nitriles is 1. The third-order valence-electron chi connectivity index (χ3n) is 4.08. The Labute approximate surface area is 158 Å². The lowest BCUT2D eigenvalue weighted by Gasteiger charge is -2.11. The molecule has 0 aliphatic rings. The van der Waals surface area contributed by atoms with Gasteiger partial charge in [0.2, 0.25) is 0 Å². The number of ketones is 1. The van der Waals surface area contributed by atoms with Gasteiger partial charge in [-0.2, -0.15) is 5.26 Å². The smallest absolute Gasteiger partial charge is 0.159 e. The SMILES string of the molecule is CC(=O)c1ccc(C#N)c(NCc2ccc(OCc3cccnc3)cc2)c1. The van der Waals surface area contributed by atoms with Gasteiger partial charge in [0.25, 0.3) is 0 Å². The first-order valence-corrected chi connectivity index (χ1v) is 8.55. The number of nitrogens with one attached hydrogen (secondary N) is 1. The van der Waals surface area contributed by atoms with Gasteiger partial charge in [-0.25, -0.2) is 0 Å². The molecule has 5 heteroatoms. The number of ether oxygens (including phenoxy) is 1. The number of rotatable bonds is 7. The van der Waals surface area contributed by atoms with Gasteiger partial charge in [0, 0.05) is 30.1 Å². The molecule has 0 radical (unpaired) electrons. The van der Waals surface area contributed by atoms with Crippen LogP contribution in [-0.2, 0) is 13.2 Å². The zero-order valence-electron chi connectivity index (χ0n) is 15.0. The Hall–Kier alpha value is -3.65. The molecule has 1 N–H and O–H groups in total. The molecule has 1 heterocycles. The quantitative estimate of drug-likeness (QED) is 0.636. The van der Waals surface area contributed by atoms with E-state index in [-0.39, 0.29) is 5.78 Å². The maximum atomic E-state index is 11.5. The average Bonchev–Trinajstić information content (AvgIpc) is 2.72. The van der Waals surface area contributed by atoms with E-state index in [4.69, 9.17) is 4.74 Å². The van der Waals surface area contributed by atoms with E-state index in [0.29, 0.717) is 30.0 Å². The second-order valence-electron chi connectivity index (χ2n) is 6.08. The number of carbonyl (C=O) groups excluding carboxylic acids is 1. The third-order valence-corrected chi connectivity index (χ3v) is 4.08. The lowest BCUT2D eigenvalue weighted by molar-refractivity contribution is 0.101. The van der Waals surface area contributed by atoms with Crippen LogP contribution >= 0.6 is 0 Å². The Morgan fingerprint density at radius 1 is 1.15 bits per heavy atom. The monoisotopic (exact) mass is 357 g/mol. The van der Waals surface area contributed by atoms with Crippen molar-refractivity contribution in [3.8, 4) is 11.8 Å². The summed E-state index contributed by atoms with van der Waals surface area (Å²) in [6, 6.07) is 18.8. The summed E-state index contributed by atoms with van der Waals surface area (Å²) in [5.74, 6) is 0.747. The fraction of sp³-hybridized carbons (Fsp3) is 0.136. The fourth-order valence-electron chi connectivity index (χ4n) is 2.56. The fourth-order valence-corrected chi connectivity index (χ4v) is 2.56. The number of aromatic nitrogens is 1. The molecule has 0 spiro atoms. The van der Waals surface area contributed by atoms with E-state index < -0.39 is 0 Å². The second kappa shape index (κ2) is 8.63. The molecule has 2 aromatic carbocycles. The minimum atomic E-state index is -0.0299. The number of nitrogens with zero attached hydrogens (tertiary/aromatic N) is 2. The number of Topliss-reactive ketones (excluding diaryl/α,β-unsaturated/α-hetero) is 1. The summed E-state index contributed by atoms with van der Waals surface area (Å²) in [6.07, 6.45) is 3.51. The molecule has 3 aromatic rings. The van der Waals surface area contributed by atoms with Crippen LogP contribution in [0.2, 0.25) is 0 Å². The highest BCUT2D eigenvalue weighted by molar-refractivity contribution is 5.95. The van der Waals surface area contributed by atoms with Crippen LogP contribution in [-0.4, -0.2) is 10.8 Å². The van der Waals surface area contributed by atoms with E-state index in [9.17, 15) is 10.1 Å². The summed E-state index contributed by atoms with van der Waals surface area (Å²) in [7, 11) is 0. The van der Waals surface area contributed by atoms with E-state index in [1.54, 1.807) is 30.6 Å². The summed E-state index contributed by atoms with van der Waals surface area (Å²) in [5, 5.41) is 12.5. The standard InChI is InChI=1S/C22H19N3O2/c1-16(26)19-6-7-20(12-23)22(11-19)25-14-17-4-8-21(9-5-17)27-15-18-3-2-10-24-13-18/h2-11,13,25H,14-15H2,1H3. The molecule has 3 rings (SSSR count). The molecule has 0 bridgehead atoms. The maximum absolute atomic E-state index is 11.5. The van der Waals surface area contributed by atoms with Gasteiger partial charge in [-0.05, 0) is 48.9 Å². The number of pyridine rings is 1.